The van der Waals surface area contributed by atoms with Crippen molar-refractivity contribution < 1.29 is 5.11 Å². The first-order valence-electron chi connectivity index (χ1n) is 7.53. The molecule has 0 bridgehead atoms. The molecule has 6 heteroatoms. The summed E-state index contributed by atoms with van der Waals surface area (Å²) in [6.45, 7) is 0. The molecule has 1 aromatic carbocycles. The fourth-order valence-electron chi connectivity index (χ4n) is 2.61. The van der Waals surface area contributed by atoms with Gasteiger partial charge < -0.3 is 15.8 Å². The van der Waals surface area contributed by atoms with Gasteiger partial charge in [-0.2, -0.15) is 0 Å². The highest BCUT2D eigenvalue weighted by molar-refractivity contribution is 6.03. The van der Waals surface area contributed by atoms with Gasteiger partial charge in [0.25, 0.3) is 0 Å². The number of fused-ring (bicyclic) bond motifs is 1. The van der Waals surface area contributed by atoms with E-state index < -0.39 is 0 Å². The highest BCUT2D eigenvalue weighted by atomic mass is 16.3. The molecule has 4 rings (SSSR count). The van der Waals surface area contributed by atoms with Crippen LogP contribution in [0.15, 0.2) is 53.8 Å². The Morgan fingerprint density at radius 3 is 2.79 bits per heavy atom. The molecule has 0 radical (unpaired) electrons. The SMILES string of the molecule is Nc1ncc(-c2ccc(O)cc2)nc1N=C1C=Cc2[nH]ccc2C1. The van der Waals surface area contributed by atoms with Gasteiger partial charge in [-0.05, 0) is 48.0 Å². The number of H-pyrrole nitrogens is 1. The molecule has 1 aliphatic carbocycles. The van der Waals surface area contributed by atoms with Gasteiger partial charge in [0.05, 0.1) is 11.9 Å². The van der Waals surface area contributed by atoms with Crippen LogP contribution in [0.4, 0.5) is 11.6 Å². The Bertz CT molecular complexity index is 954. The first-order chi connectivity index (χ1) is 11.7. The number of aromatic amines is 1. The van der Waals surface area contributed by atoms with Crippen LogP contribution in [0, 0.1) is 0 Å². The predicted octanol–water partition coefficient (Wildman–Crippen LogP) is 3.10. The number of nitrogens with two attached hydrogens (primary N) is 1. The Morgan fingerprint density at radius 2 is 1.96 bits per heavy atom. The first kappa shape index (κ1) is 14.2. The molecule has 118 valence electrons. The summed E-state index contributed by atoms with van der Waals surface area (Å²) in [5.74, 6) is 0.898. The van der Waals surface area contributed by atoms with E-state index in [0.29, 0.717) is 17.3 Å². The van der Waals surface area contributed by atoms with Gasteiger partial charge in [-0.25, -0.2) is 15.0 Å². The van der Waals surface area contributed by atoms with Crippen molar-refractivity contribution >= 4 is 23.4 Å². The molecule has 0 amide bonds. The van der Waals surface area contributed by atoms with E-state index >= 15 is 0 Å². The maximum Gasteiger partial charge on any atom is 0.196 e. The van der Waals surface area contributed by atoms with Gasteiger partial charge in [-0.1, -0.05) is 0 Å². The van der Waals surface area contributed by atoms with Crippen LogP contribution in [0.2, 0.25) is 0 Å². The third-order valence-electron chi connectivity index (χ3n) is 3.88. The van der Waals surface area contributed by atoms with Gasteiger partial charge in [0.1, 0.15) is 5.75 Å². The molecule has 0 atom stereocenters. The van der Waals surface area contributed by atoms with E-state index in [0.717, 1.165) is 23.4 Å². The highest BCUT2D eigenvalue weighted by Gasteiger charge is 2.12. The van der Waals surface area contributed by atoms with E-state index in [1.54, 1.807) is 30.5 Å². The summed E-state index contributed by atoms with van der Waals surface area (Å²) in [5.41, 5.74) is 10.6. The molecule has 2 heterocycles. The smallest absolute Gasteiger partial charge is 0.196 e. The molecule has 2 aromatic heterocycles. The fraction of sp³-hybridized carbons (Fsp3) is 0.0556. The number of rotatable bonds is 2. The van der Waals surface area contributed by atoms with Crippen molar-refractivity contribution in [3.8, 4) is 17.0 Å². The number of anilines is 1. The van der Waals surface area contributed by atoms with Crippen LogP contribution in [-0.2, 0) is 6.42 Å². The number of phenols is 1. The number of allylic oxidation sites excluding steroid dienone is 1. The number of benzene rings is 1. The molecule has 1 aliphatic rings. The van der Waals surface area contributed by atoms with E-state index in [4.69, 9.17) is 5.73 Å². The zero-order valence-corrected chi connectivity index (χ0v) is 12.8. The number of nitrogens with zero attached hydrogens (tertiary/aromatic N) is 3. The van der Waals surface area contributed by atoms with Crippen LogP contribution in [-0.4, -0.2) is 25.8 Å². The molecule has 24 heavy (non-hydrogen) atoms. The summed E-state index contributed by atoms with van der Waals surface area (Å²) < 4.78 is 0. The van der Waals surface area contributed by atoms with Crippen LogP contribution >= 0.6 is 0 Å². The Hall–Kier alpha value is -3.41. The van der Waals surface area contributed by atoms with E-state index in [1.807, 2.05) is 24.4 Å². The van der Waals surface area contributed by atoms with Crippen molar-refractivity contribution in [3.05, 3.63) is 60.1 Å². The number of hydrogen-bond donors (Lipinski definition) is 3. The van der Waals surface area contributed by atoms with Gasteiger partial charge in [0.2, 0.25) is 0 Å². The molecule has 0 saturated heterocycles. The molecule has 0 spiro atoms. The molecule has 0 fully saturated rings. The number of aromatic hydroxyl groups is 1. The second kappa shape index (κ2) is 5.66. The van der Waals surface area contributed by atoms with Crippen molar-refractivity contribution in [2.45, 2.75) is 6.42 Å². The minimum atomic E-state index is 0.206. The topological polar surface area (TPSA) is 100 Å². The normalized spacial score (nSPS) is 14.8. The van der Waals surface area contributed by atoms with Crippen molar-refractivity contribution in [1.82, 2.24) is 15.0 Å². The van der Waals surface area contributed by atoms with E-state index in [-0.39, 0.29) is 5.75 Å². The number of aliphatic imine (C=N–C) groups is 1. The van der Waals surface area contributed by atoms with Crippen LogP contribution in [0.3, 0.4) is 0 Å². The molecule has 0 unspecified atom stereocenters. The maximum atomic E-state index is 9.39. The number of aromatic nitrogens is 3. The lowest BCUT2D eigenvalue weighted by molar-refractivity contribution is 0.475. The summed E-state index contributed by atoms with van der Waals surface area (Å²) in [4.78, 5) is 16.4. The zero-order chi connectivity index (χ0) is 16.5. The monoisotopic (exact) mass is 317 g/mol. The standard InChI is InChI=1S/C18H15N5O/c19-17-18(22-13-3-6-15-12(9-13)7-8-20-15)23-16(10-21-17)11-1-4-14(24)5-2-11/h1-8,10,20,24H,9H2,(H2,19,21). The lowest BCUT2D eigenvalue weighted by atomic mass is 10.0. The second-order valence-corrected chi connectivity index (χ2v) is 5.54. The average molecular weight is 317 g/mol. The number of nitrogens with one attached hydrogen (secondary N) is 1. The lowest BCUT2D eigenvalue weighted by Crippen LogP contribution is -2.05. The highest BCUT2D eigenvalue weighted by Crippen LogP contribution is 2.26. The van der Waals surface area contributed by atoms with Crippen LogP contribution in [0.1, 0.15) is 11.3 Å². The van der Waals surface area contributed by atoms with Crippen LogP contribution in [0.5, 0.6) is 5.75 Å². The van der Waals surface area contributed by atoms with Gasteiger partial charge in [-0.3, -0.25) is 0 Å². The summed E-state index contributed by atoms with van der Waals surface area (Å²) in [7, 11) is 0. The molecular formula is C18H15N5O. The molecule has 3 aromatic rings. The van der Waals surface area contributed by atoms with Gasteiger partial charge in [-0.15, -0.1) is 0 Å². The van der Waals surface area contributed by atoms with Crippen LogP contribution < -0.4 is 5.73 Å². The predicted molar refractivity (Wildman–Crippen MR) is 94.2 cm³/mol. The third-order valence-corrected chi connectivity index (χ3v) is 3.88. The van der Waals surface area contributed by atoms with E-state index in [1.165, 1.54) is 5.56 Å². The van der Waals surface area contributed by atoms with Crippen LogP contribution in [0.25, 0.3) is 17.3 Å². The fourth-order valence-corrected chi connectivity index (χ4v) is 2.61. The number of hydrogen-bond acceptors (Lipinski definition) is 5. The Morgan fingerprint density at radius 1 is 1.12 bits per heavy atom. The van der Waals surface area contributed by atoms with Gasteiger partial charge >= 0.3 is 0 Å². The van der Waals surface area contributed by atoms with E-state index in [9.17, 15) is 5.11 Å². The summed E-state index contributed by atoms with van der Waals surface area (Å²) in [5, 5.41) is 9.39. The lowest BCUT2D eigenvalue weighted by Gasteiger charge is -2.09. The van der Waals surface area contributed by atoms with Gasteiger partial charge in [0, 0.05) is 29.6 Å². The minimum Gasteiger partial charge on any atom is -0.508 e. The average Bonchev–Trinajstić information content (AvgIpc) is 3.05. The van der Waals surface area contributed by atoms with Crippen molar-refractivity contribution in [1.29, 1.82) is 0 Å². The summed E-state index contributed by atoms with van der Waals surface area (Å²) in [6, 6.07) is 8.81. The molecule has 6 nitrogen and oxygen atoms in total. The molecule has 0 aliphatic heterocycles. The Balaban J connectivity index is 1.69. The van der Waals surface area contributed by atoms with Crippen molar-refractivity contribution in [3.63, 3.8) is 0 Å². The van der Waals surface area contributed by atoms with Gasteiger partial charge in [0.15, 0.2) is 11.6 Å². The quantitative estimate of drug-likeness (QED) is 0.676. The molecular weight excluding hydrogens is 302 g/mol. The van der Waals surface area contributed by atoms with Crippen molar-refractivity contribution in [2.24, 2.45) is 4.99 Å². The largest absolute Gasteiger partial charge is 0.508 e. The second-order valence-electron chi connectivity index (χ2n) is 5.54. The summed E-state index contributed by atoms with van der Waals surface area (Å²) in [6.07, 6.45) is 8.18. The number of nitrogen functional groups attached to an aromatic ring is 1. The van der Waals surface area contributed by atoms with E-state index in [2.05, 4.69) is 19.9 Å². The third kappa shape index (κ3) is 2.65. The zero-order valence-electron chi connectivity index (χ0n) is 12.8. The first-order valence-corrected chi connectivity index (χ1v) is 7.53. The molecule has 0 saturated carbocycles. The summed E-state index contributed by atoms with van der Waals surface area (Å²) >= 11 is 0. The number of phenolic OH excluding ortho intramolecular Hbond substituents is 1. The van der Waals surface area contributed by atoms with Crippen molar-refractivity contribution in [2.75, 3.05) is 5.73 Å². The minimum absolute atomic E-state index is 0.206. The Labute approximate surface area is 138 Å². The maximum absolute atomic E-state index is 9.39. The Kier molecular flexibility index (Phi) is 3.35. The molecule has 4 N–H and O–H groups in total.